The van der Waals surface area contributed by atoms with E-state index in [2.05, 4.69) is 44.5 Å². The normalized spacial score (nSPS) is 15.6. The van der Waals surface area contributed by atoms with E-state index in [1.165, 1.54) is 11.3 Å². The van der Waals surface area contributed by atoms with Gasteiger partial charge in [0.15, 0.2) is 5.96 Å². The van der Waals surface area contributed by atoms with Crippen molar-refractivity contribution >= 4 is 17.7 Å². The number of pyridine rings is 1. The number of hydrogen-bond donors (Lipinski definition) is 2. The molecule has 0 aromatic carbocycles. The fraction of sp³-hybridized carbons (Fsp3) is 0.565. The summed E-state index contributed by atoms with van der Waals surface area (Å²) >= 11 is 0. The van der Waals surface area contributed by atoms with Crippen molar-refractivity contribution in [3.8, 4) is 0 Å². The van der Waals surface area contributed by atoms with Crippen LogP contribution in [0.3, 0.4) is 0 Å². The minimum atomic E-state index is 0.170. The summed E-state index contributed by atoms with van der Waals surface area (Å²) in [5.41, 5.74) is 3.52. The maximum absolute atomic E-state index is 12.6. The van der Waals surface area contributed by atoms with Crippen LogP contribution in [-0.2, 0) is 18.3 Å². The van der Waals surface area contributed by atoms with Crippen molar-refractivity contribution in [3.63, 3.8) is 0 Å². The molecule has 1 atom stereocenters. The lowest BCUT2D eigenvalue weighted by atomic mass is 10.1. The fourth-order valence-corrected chi connectivity index (χ4v) is 4.07. The van der Waals surface area contributed by atoms with Crippen molar-refractivity contribution in [1.29, 1.82) is 0 Å². The first-order chi connectivity index (χ1) is 15.4. The molecule has 1 saturated heterocycles. The van der Waals surface area contributed by atoms with Gasteiger partial charge in [-0.2, -0.15) is 5.10 Å². The van der Waals surface area contributed by atoms with E-state index >= 15 is 0 Å². The topological polar surface area (TPSA) is 90.7 Å². The van der Waals surface area contributed by atoms with Crippen molar-refractivity contribution in [3.05, 3.63) is 41.3 Å². The molecule has 1 amide bonds. The minimum Gasteiger partial charge on any atom is -0.356 e. The molecule has 1 aliphatic heterocycles. The Morgan fingerprint density at radius 2 is 1.97 bits per heavy atom. The zero-order chi connectivity index (χ0) is 23.1. The summed E-state index contributed by atoms with van der Waals surface area (Å²) in [5.74, 6) is 1.86. The summed E-state index contributed by atoms with van der Waals surface area (Å²) in [7, 11) is 3.72. The highest BCUT2D eigenvalue weighted by molar-refractivity contribution is 5.81. The van der Waals surface area contributed by atoms with Crippen LogP contribution in [0.2, 0.25) is 0 Å². The van der Waals surface area contributed by atoms with Gasteiger partial charge >= 0.3 is 0 Å². The summed E-state index contributed by atoms with van der Waals surface area (Å²) in [5, 5.41) is 11.2. The number of nitrogens with zero attached hydrogens (tertiary/aromatic N) is 6. The molecule has 2 N–H and O–H groups in total. The summed E-state index contributed by atoms with van der Waals surface area (Å²) in [6, 6.07) is 6.11. The molecular weight excluding hydrogens is 404 g/mol. The molecule has 2 aromatic heterocycles. The van der Waals surface area contributed by atoms with Gasteiger partial charge in [-0.05, 0) is 44.9 Å². The number of aromatic nitrogens is 3. The number of aliphatic imine (C=N–C) groups is 1. The third kappa shape index (κ3) is 5.99. The van der Waals surface area contributed by atoms with Crippen molar-refractivity contribution in [1.82, 2.24) is 30.3 Å². The maximum atomic E-state index is 12.6. The van der Waals surface area contributed by atoms with Crippen LogP contribution < -0.4 is 15.5 Å². The number of piperazine rings is 1. The Morgan fingerprint density at radius 1 is 1.22 bits per heavy atom. The molecule has 0 aliphatic carbocycles. The molecule has 0 spiro atoms. The molecule has 0 radical (unpaired) electrons. The molecule has 9 heteroatoms. The maximum Gasteiger partial charge on any atom is 0.224 e. The first kappa shape index (κ1) is 23.6. The molecule has 3 rings (SSSR count). The largest absolute Gasteiger partial charge is 0.356 e. The molecule has 2 aromatic rings. The van der Waals surface area contributed by atoms with Gasteiger partial charge in [-0.1, -0.05) is 6.07 Å². The van der Waals surface area contributed by atoms with Crippen molar-refractivity contribution in [2.24, 2.45) is 12.0 Å². The lowest BCUT2D eigenvalue weighted by Gasteiger charge is -2.35. The van der Waals surface area contributed by atoms with E-state index in [0.29, 0.717) is 18.9 Å². The average molecular weight is 441 g/mol. The minimum absolute atomic E-state index is 0.170. The van der Waals surface area contributed by atoms with E-state index in [0.717, 1.165) is 44.1 Å². The van der Waals surface area contributed by atoms with E-state index < -0.39 is 0 Å². The number of guanidine groups is 1. The first-order valence-corrected chi connectivity index (χ1v) is 11.3. The zero-order valence-corrected chi connectivity index (χ0v) is 19.9. The zero-order valence-electron chi connectivity index (χ0n) is 19.9. The van der Waals surface area contributed by atoms with E-state index in [1.54, 1.807) is 13.2 Å². The van der Waals surface area contributed by atoms with Gasteiger partial charge in [0.2, 0.25) is 5.91 Å². The second-order valence-corrected chi connectivity index (χ2v) is 8.33. The van der Waals surface area contributed by atoms with Crippen LogP contribution in [0.1, 0.15) is 30.3 Å². The Kier molecular flexibility index (Phi) is 8.08. The molecule has 174 valence electrons. The van der Waals surface area contributed by atoms with Crippen LogP contribution in [0.25, 0.3) is 0 Å². The van der Waals surface area contributed by atoms with Gasteiger partial charge in [0.1, 0.15) is 5.82 Å². The van der Waals surface area contributed by atoms with Crippen LogP contribution in [-0.4, -0.2) is 77.3 Å². The van der Waals surface area contributed by atoms with Crippen LogP contribution in [0.5, 0.6) is 0 Å². The van der Waals surface area contributed by atoms with E-state index in [4.69, 9.17) is 0 Å². The lowest BCUT2D eigenvalue weighted by molar-refractivity contribution is -0.131. The molecule has 1 aliphatic rings. The van der Waals surface area contributed by atoms with Gasteiger partial charge in [0.05, 0.1) is 5.69 Å². The number of anilines is 1. The summed E-state index contributed by atoms with van der Waals surface area (Å²) in [6.45, 7) is 9.89. The van der Waals surface area contributed by atoms with Crippen molar-refractivity contribution in [2.75, 3.05) is 44.7 Å². The molecule has 9 nitrogen and oxygen atoms in total. The summed E-state index contributed by atoms with van der Waals surface area (Å²) < 4.78 is 1.92. The fourth-order valence-electron chi connectivity index (χ4n) is 4.07. The van der Waals surface area contributed by atoms with Crippen LogP contribution >= 0.6 is 0 Å². The predicted molar refractivity (Wildman–Crippen MR) is 128 cm³/mol. The quantitative estimate of drug-likeness (QED) is 0.498. The highest BCUT2D eigenvalue weighted by Crippen LogP contribution is 2.14. The Labute approximate surface area is 190 Å². The third-order valence-corrected chi connectivity index (χ3v) is 6.01. The van der Waals surface area contributed by atoms with Gasteiger partial charge in [0.25, 0.3) is 0 Å². The highest BCUT2D eigenvalue weighted by atomic mass is 16.2. The number of nitrogens with one attached hydrogen (secondary N) is 2. The van der Waals surface area contributed by atoms with Gasteiger partial charge < -0.3 is 20.4 Å². The third-order valence-electron chi connectivity index (χ3n) is 6.01. The van der Waals surface area contributed by atoms with Gasteiger partial charge in [-0.25, -0.2) is 4.98 Å². The summed E-state index contributed by atoms with van der Waals surface area (Å²) in [4.78, 5) is 25.5. The number of rotatable bonds is 7. The molecule has 3 heterocycles. The molecule has 0 bridgehead atoms. The second kappa shape index (κ2) is 11.0. The average Bonchev–Trinajstić information content (AvgIpc) is 3.04. The predicted octanol–water partition coefficient (Wildman–Crippen LogP) is 1.27. The molecule has 0 saturated carbocycles. The van der Waals surface area contributed by atoms with Gasteiger partial charge in [-0.15, -0.1) is 0 Å². The Balaban J connectivity index is 1.39. The molecule has 32 heavy (non-hydrogen) atoms. The van der Waals surface area contributed by atoms with Crippen LogP contribution in [0.15, 0.2) is 29.4 Å². The van der Waals surface area contributed by atoms with E-state index in [-0.39, 0.29) is 11.9 Å². The second-order valence-electron chi connectivity index (χ2n) is 8.33. The lowest BCUT2D eigenvalue weighted by Crippen LogP contribution is -2.50. The Bertz CT molecular complexity index is 916. The highest BCUT2D eigenvalue weighted by Gasteiger charge is 2.21. The Hall–Kier alpha value is -3.10. The van der Waals surface area contributed by atoms with Crippen LogP contribution in [0, 0.1) is 13.8 Å². The van der Waals surface area contributed by atoms with E-state index in [1.807, 2.05) is 41.8 Å². The Morgan fingerprint density at radius 3 is 2.56 bits per heavy atom. The number of hydrogen-bond acceptors (Lipinski definition) is 5. The number of aryl methyl sites for hydroxylation is 2. The van der Waals surface area contributed by atoms with Gasteiger partial charge in [-0.3, -0.25) is 14.5 Å². The SMILES string of the molecule is CN=C(NCCC(=O)N1CCN(c2ccccn2)CC1)NC(C)Cc1c(C)nn(C)c1C. The number of amides is 1. The monoisotopic (exact) mass is 440 g/mol. The smallest absolute Gasteiger partial charge is 0.224 e. The molecule has 1 fully saturated rings. The number of carbonyl (C=O) groups excluding carboxylic acids is 1. The van der Waals surface area contributed by atoms with E-state index in [9.17, 15) is 4.79 Å². The first-order valence-electron chi connectivity index (χ1n) is 11.3. The summed E-state index contributed by atoms with van der Waals surface area (Å²) in [6.07, 6.45) is 3.12. The number of carbonyl (C=O) groups is 1. The molecular formula is C23H36N8O. The molecule has 1 unspecified atom stereocenters. The standard InChI is InChI=1S/C23H36N8O/c1-17(16-20-18(2)28-29(5)19(20)3)27-23(24-4)26-11-9-22(32)31-14-12-30(13-15-31)21-8-6-7-10-25-21/h6-8,10,17H,9,11-16H2,1-5H3,(H2,24,26,27). The van der Waals surface area contributed by atoms with Crippen molar-refractivity contribution in [2.45, 2.75) is 39.7 Å². The van der Waals surface area contributed by atoms with Crippen molar-refractivity contribution < 1.29 is 4.79 Å². The van der Waals surface area contributed by atoms with Gasteiger partial charge in [0, 0.05) is 71.2 Å². The van der Waals surface area contributed by atoms with Crippen LogP contribution in [0.4, 0.5) is 5.82 Å².